The van der Waals surface area contributed by atoms with E-state index in [1.807, 2.05) is 30.3 Å². The van der Waals surface area contributed by atoms with Crippen LogP contribution in [0.5, 0.6) is 5.75 Å². The fourth-order valence-electron chi connectivity index (χ4n) is 2.41. The van der Waals surface area contributed by atoms with E-state index >= 15 is 0 Å². The lowest BCUT2D eigenvalue weighted by molar-refractivity contribution is -0.115. The fourth-order valence-corrected chi connectivity index (χ4v) is 4.33. The summed E-state index contributed by atoms with van der Waals surface area (Å²) in [5.41, 5.74) is 1.83. The number of ether oxygens (including phenoxy) is 1. The molecular formula is C16H15NO2S2. The lowest BCUT2D eigenvalue weighted by Gasteiger charge is -2.31. The van der Waals surface area contributed by atoms with E-state index in [0.717, 1.165) is 26.9 Å². The number of hydrogen-bond donors (Lipinski definition) is 0. The zero-order valence-electron chi connectivity index (χ0n) is 12.0. The summed E-state index contributed by atoms with van der Waals surface area (Å²) in [5.74, 6) is 0.759. The van der Waals surface area contributed by atoms with Crippen LogP contribution < -0.4 is 9.64 Å². The molecule has 1 amide bonds. The van der Waals surface area contributed by atoms with E-state index in [1.165, 1.54) is 4.90 Å². The molecule has 0 aromatic heterocycles. The van der Waals surface area contributed by atoms with Crippen LogP contribution in [0.4, 0.5) is 11.4 Å². The maximum Gasteiger partial charge on any atom is 0.228 e. The van der Waals surface area contributed by atoms with Crippen LogP contribution in [0.3, 0.4) is 0 Å². The van der Waals surface area contributed by atoms with Crippen LogP contribution in [0.15, 0.2) is 51.1 Å². The molecule has 0 saturated carbocycles. The van der Waals surface area contributed by atoms with Crippen LogP contribution in [0.1, 0.15) is 6.92 Å². The molecule has 0 atom stereocenters. The van der Waals surface area contributed by atoms with Gasteiger partial charge in [-0.05, 0) is 30.5 Å². The van der Waals surface area contributed by atoms with Crippen molar-refractivity contribution in [3.05, 3.63) is 36.4 Å². The number of anilines is 2. The molecule has 0 fully saturated rings. The Morgan fingerprint density at radius 2 is 2.05 bits per heavy atom. The Morgan fingerprint density at radius 1 is 1.24 bits per heavy atom. The Balaban J connectivity index is 2.22. The van der Waals surface area contributed by atoms with E-state index in [1.54, 1.807) is 42.5 Å². The fraction of sp³-hybridized carbons (Fsp3) is 0.188. The molecule has 0 bridgehead atoms. The van der Waals surface area contributed by atoms with Crippen molar-refractivity contribution in [2.24, 2.45) is 0 Å². The van der Waals surface area contributed by atoms with Gasteiger partial charge in [0.1, 0.15) is 5.75 Å². The minimum absolute atomic E-state index is 0.00399. The van der Waals surface area contributed by atoms with Gasteiger partial charge in [-0.3, -0.25) is 9.69 Å². The Hall–Kier alpha value is -1.59. The van der Waals surface area contributed by atoms with Gasteiger partial charge in [-0.1, -0.05) is 17.8 Å². The number of hydrogen-bond acceptors (Lipinski definition) is 4. The molecule has 0 spiro atoms. The van der Waals surface area contributed by atoms with E-state index in [4.69, 9.17) is 4.74 Å². The molecule has 3 rings (SSSR count). The number of nitrogens with zero attached hydrogens (tertiary/aromatic N) is 1. The molecule has 2 aromatic rings. The Morgan fingerprint density at radius 3 is 2.71 bits per heavy atom. The first-order valence-electron chi connectivity index (χ1n) is 6.49. The Labute approximate surface area is 132 Å². The number of benzene rings is 2. The van der Waals surface area contributed by atoms with E-state index in [0.29, 0.717) is 0 Å². The van der Waals surface area contributed by atoms with E-state index in [2.05, 4.69) is 12.3 Å². The van der Waals surface area contributed by atoms with Crippen LogP contribution >= 0.6 is 23.5 Å². The van der Waals surface area contributed by atoms with Crippen molar-refractivity contribution in [3.63, 3.8) is 0 Å². The van der Waals surface area contributed by atoms with Crippen LogP contribution in [0.2, 0.25) is 0 Å². The van der Waals surface area contributed by atoms with Crippen molar-refractivity contribution < 1.29 is 9.53 Å². The summed E-state index contributed by atoms with van der Waals surface area (Å²) in [6, 6.07) is 11.9. The van der Waals surface area contributed by atoms with Gasteiger partial charge in [0.25, 0.3) is 0 Å². The highest BCUT2D eigenvalue weighted by Crippen LogP contribution is 2.51. The van der Waals surface area contributed by atoms with Gasteiger partial charge in [0, 0.05) is 22.8 Å². The van der Waals surface area contributed by atoms with Crippen LogP contribution in [-0.2, 0) is 4.79 Å². The van der Waals surface area contributed by atoms with Crippen molar-refractivity contribution in [2.45, 2.75) is 21.6 Å². The van der Waals surface area contributed by atoms with Crippen molar-refractivity contribution in [3.8, 4) is 5.75 Å². The number of amides is 1. The molecule has 0 saturated heterocycles. The molecular weight excluding hydrogens is 302 g/mol. The smallest absolute Gasteiger partial charge is 0.228 e. The van der Waals surface area contributed by atoms with Crippen molar-refractivity contribution in [1.29, 1.82) is 0 Å². The van der Waals surface area contributed by atoms with E-state index in [-0.39, 0.29) is 5.91 Å². The Kier molecular flexibility index (Phi) is 3.87. The third-order valence-corrected chi connectivity index (χ3v) is 5.46. The van der Waals surface area contributed by atoms with Gasteiger partial charge in [0.15, 0.2) is 0 Å². The Bertz CT molecular complexity index is 713. The second kappa shape index (κ2) is 5.66. The van der Waals surface area contributed by atoms with Crippen LogP contribution in [0, 0.1) is 0 Å². The van der Waals surface area contributed by atoms with Crippen LogP contribution in [-0.4, -0.2) is 19.3 Å². The van der Waals surface area contributed by atoms with Gasteiger partial charge >= 0.3 is 0 Å². The van der Waals surface area contributed by atoms with Gasteiger partial charge in [0.05, 0.1) is 23.4 Å². The molecule has 3 nitrogen and oxygen atoms in total. The standard InChI is InChI=1S/C16H15NO2S2/c1-10(18)17-12-5-4-6-15(20-3)16(12)21-14-8-7-11(19-2)9-13(14)17/h4-9H,1-3H3. The second-order valence-electron chi connectivity index (χ2n) is 4.60. The molecule has 0 unspecified atom stereocenters. The number of rotatable bonds is 2. The molecule has 2 aromatic carbocycles. The van der Waals surface area contributed by atoms with Gasteiger partial charge in [-0.15, -0.1) is 11.8 Å². The zero-order valence-corrected chi connectivity index (χ0v) is 13.7. The predicted octanol–water partition coefficient (Wildman–Crippen LogP) is 4.57. The van der Waals surface area contributed by atoms with Gasteiger partial charge in [0.2, 0.25) is 5.91 Å². The molecule has 1 aliphatic rings. The number of methoxy groups -OCH3 is 1. The highest BCUT2D eigenvalue weighted by Gasteiger charge is 2.28. The first kappa shape index (κ1) is 14.4. The molecule has 1 heterocycles. The lowest BCUT2D eigenvalue weighted by atomic mass is 10.2. The summed E-state index contributed by atoms with van der Waals surface area (Å²) in [5, 5.41) is 0. The maximum absolute atomic E-state index is 12.2. The first-order chi connectivity index (χ1) is 10.2. The van der Waals surface area contributed by atoms with Gasteiger partial charge in [-0.2, -0.15) is 0 Å². The summed E-state index contributed by atoms with van der Waals surface area (Å²) in [6.45, 7) is 1.59. The average molecular weight is 317 g/mol. The third-order valence-electron chi connectivity index (χ3n) is 3.35. The molecule has 0 aliphatic carbocycles. The molecule has 21 heavy (non-hydrogen) atoms. The second-order valence-corrected chi connectivity index (χ2v) is 6.50. The molecule has 0 N–H and O–H groups in total. The summed E-state index contributed by atoms with van der Waals surface area (Å²) >= 11 is 3.40. The topological polar surface area (TPSA) is 29.5 Å². The van der Waals surface area contributed by atoms with Crippen molar-refractivity contribution in [1.82, 2.24) is 0 Å². The normalized spacial score (nSPS) is 12.6. The molecule has 1 aliphatic heterocycles. The predicted molar refractivity (Wildman–Crippen MR) is 88.2 cm³/mol. The van der Waals surface area contributed by atoms with Crippen molar-refractivity contribution in [2.75, 3.05) is 18.3 Å². The summed E-state index contributed by atoms with van der Waals surface area (Å²) in [4.78, 5) is 17.4. The highest BCUT2D eigenvalue weighted by atomic mass is 32.2. The van der Waals surface area contributed by atoms with Crippen molar-refractivity contribution >= 4 is 40.8 Å². The summed E-state index contributed by atoms with van der Waals surface area (Å²) in [6.07, 6.45) is 2.05. The zero-order chi connectivity index (χ0) is 15.0. The SMILES string of the molecule is COc1ccc2c(c1)N(C(C)=O)c1cccc(SC)c1S2. The number of thioether (sulfide) groups is 1. The average Bonchev–Trinajstić information content (AvgIpc) is 2.51. The minimum Gasteiger partial charge on any atom is -0.497 e. The largest absolute Gasteiger partial charge is 0.497 e. The monoisotopic (exact) mass is 317 g/mol. The summed E-state index contributed by atoms with van der Waals surface area (Å²) in [7, 11) is 1.63. The molecule has 5 heteroatoms. The van der Waals surface area contributed by atoms with E-state index in [9.17, 15) is 4.79 Å². The summed E-state index contributed by atoms with van der Waals surface area (Å²) < 4.78 is 5.29. The number of carbonyl (C=O) groups is 1. The quantitative estimate of drug-likeness (QED) is 0.759. The molecule has 108 valence electrons. The molecule has 0 radical (unpaired) electrons. The first-order valence-corrected chi connectivity index (χ1v) is 8.53. The minimum atomic E-state index is 0.00399. The van der Waals surface area contributed by atoms with Gasteiger partial charge < -0.3 is 4.74 Å². The van der Waals surface area contributed by atoms with Gasteiger partial charge in [-0.25, -0.2) is 0 Å². The maximum atomic E-state index is 12.2. The number of fused-ring (bicyclic) bond motifs is 2. The highest BCUT2D eigenvalue weighted by molar-refractivity contribution is 8.02. The van der Waals surface area contributed by atoms with E-state index < -0.39 is 0 Å². The van der Waals surface area contributed by atoms with Crippen LogP contribution in [0.25, 0.3) is 0 Å². The number of carbonyl (C=O) groups excluding carboxylic acids is 1. The third kappa shape index (κ3) is 2.40. The lowest BCUT2D eigenvalue weighted by Crippen LogP contribution is -2.25.